The van der Waals surface area contributed by atoms with E-state index in [1.807, 2.05) is 30.3 Å². The third-order valence-electron chi connectivity index (χ3n) is 4.88. The predicted octanol–water partition coefficient (Wildman–Crippen LogP) is 3.55. The Kier molecular flexibility index (Phi) is 4.17. The van der Waals surface area contributed by atoms with Crippen LogP contribution in [-0.2, 0) is 6.54 Å². The number of fused-ring (bicyclic) bond motifs is 1. The van der Waals surface area contributed by atoms with Crippen molar-refractivity contribution in [1.29, 1.82) is 5.41 Å². The molecular formula is C19H21ClN4. The first-order chi connectivity index (χ1) is 11.8. The van der Waals surface area contributed by atoms with Gasteiger partial charge >= 0.3 is 0 Å². The summed E-state index contributed by atoms with van der Waals surface area (Å²) in [7, 11) is 0. The van der Waals surface area contributed by atoms with Crippen LogP contribution in [-0.4, -0.2) is 22.2 Å². The van der Waals surface area contributed by atoms with Gasteiger partial charge in [0.05, 0.1) is 17.6 Å². The van der Waals surface area contributed by atoms with Gasteiger partial charge in [-0.15, -0.1) is 0 Å². The average molecular weight is 341 g/mol. The first-order valence-electron chi connectivity index (χ1n) is 8.44. The highest BCUT2D eigenvalue weighted by Crippen LogP contribution is 2.24. The molecule has 2 aromatic carbocycles. The molecule has 0 bridgehead atoms. The molecule has 0 amide bonds. The third kappa shape index (κ3) is 2.66. The normalized spacial score (nSPS) is 15.9. The van der Waals surface area contributed by atoms with Gasteiger partial charge in [0.1, 0.15) is 0 Å². The molecule has 1 aliphatic rings. The molecule has 3 aromatic rings. The summed E-state index contributed by atoms with van der Waals surface area (Å²) in [5.74, 6) is 0. The quantitative estimate of drug-likeness (QED) is 0.752. The fraction of sp³-hybridized carbons (Fsp3) is 0.316. The number of imidazole rings is 1. The Morgan fingerprint density at radius 3 is 2.42 bits per heavy atom. The SMILES string of the molecule is N=c1n(Cc2ccccc2Cl)c2ccccc2n1C1CCNCC1. The molecule has 24 heavy (non-hydrogen) atoms. The van der Waals surface area contributed by atoms with Gasteiger partial charge in [0.15, 0.2) is 0 Å². The van der Waals surface area contributed by atoms with Crippen LogP contribution in [0, 0.1) is 5.41 Å². The van der Waals surface area contributed by atoms with E-state index < -0.39 is 0 Å². The molecule has 1 aliphatic heterocycles. The van der Waals surface area contributed by atoms with E-state index in [1.165, 1.54) is 0 Å². The summed E-state index contributed by atoms with van der Waals surface area (Å²) >= 11 is 6.34. The van der Waals surface area contributed by atoms with Crippen molar-refractivity contribution in [2.45, 2.75) is 25.4 Å². The Morgan fingerprint density at radius 2 is 1.67 bits per heavy atom. The van der Waals surface area contributed by atoms with Crippen molar-refractivity contribution in [3.63, 3.8) is 0 Å². The molecule has 2 heterocycles. The molecule has 1 saturated heterocycles. The molecule has 124 valence electrons. The van der Waals surface area contributed by atoms with Crippen LogP contribution in [0.2, 0.25) is 5.02 Å². The van der Waals surface area contributed by atoms with E-state index in [0.717, 1.165) is 47.6 Å². The van der Waals surface area contributed by atoms with E-state index in [-0.39, 0.29) is 0 Å². The zero-order chi connectivity index (χ0) is 16.5. The molecule has 0 saturated carbocycles. The lowest BCUT2D eigenvalue weighted by atomic mass is 10.1. The number of rotatable bonds is 3. The van der Waals surface area contributed by atoms with Gasteiger partial charge < -0.3 is 14.5 Å². The fourth-order valence-electron chi connectivity index (χ4n) is 3.65. The first-order valence-corrected chi connectivity index (χ1v) is 8.82. The summed E-state index contributed by atoms with van der Waals surface area (Å²) in [6.45, 7) is 2.65. The maximum atomic E-state index is 8.79. The van der Waals surface area contributed by atoms with E-state index in [1.54, 1.807) is 0 Å². The number of hydrogen-bond acceptors (Lipinski definition) is 2. The lowest BCUT2D eigenvalue weighted by Crippen LogP contribution is -2.35. The molecule has 0 atom stereocenters. The van der Waals surface area contributed by atoms with E-state index in [0.29, 0.717) is 18.2 Å². The van der Waals surface area contributed by atoms with Gasteiger partial charge in [0.25, 0.3) is 0 Å². The summed E-state index contributed by atoms with van der Waals surface area (Å²) < 4.78 is 4.27. The Balaban J connectivity index is 1.85. The van der Waals surface area contributed by atoms with Crippen LogP contribution in [0.4, 0.5) is 0 Å². The summed E-state index contributed by atoms with van der Waals surface area (Å²) in [4.78, 5) is 0. The van der Waals surface area contributed by atoms with E-state index in [2.05, 4.69) is 32.7 Å². The van der Waals surface area contributed by atoms with Crippen molar-refractivity contribution in [2.75, 3.05) is 13.1 Å². The second-order valence-corrected chi connectivity index (χ2v) is 6.75. The lowest BCUT2D eigenvalue weighted by molar-refractivity contribution is 0.360. The van der Waals surface area contributed by atoms with E-state index in [9.17, 15) is 0 Å². The van der Waals surface area contributed by atoms with Crippen molar-refractivity contribution in [1.82, 2.24) is 14.5 Å². The maximum absolute atomic E-state index is 8.79. The number of benzene rings is 2. The van der Waals surface area contributed by atoms with Crippen molar-refractivity contribution < 1.29 is 0 Å². The minimum Gasteiger partial charge on any atom is -0.317 e. The van der Waals surface area contributed by atoms with Gasteiger partial charge in [-0.2, -0.15) is 0 Å². The van der Waals surface area contributed by atoms with E-state index >= 15 is 0 Å². The lowest BCUT2D eigenvalue weighted by Gasteiger charge is -2.24. The average Bonchev–Trinajstić information content (AvgIpc) is 2.90. The number of aromatic nitrogens is 2. The van der Waals surface area contributed by atoms with Crippen LogP contribution >= 0.6 is 11.6 Å². The van der Waals surface area contributed by atoms with Crippen LogP contribution in [0.15, 0.2) is 48.5 Å². The van der Waals surface area contributed by atoms with Gasteiger partial charge in [-0.1, -0.05) is 41.9 Å². The Labute approximate surface area is 146 Å². The molecule has 0 radical (unpaired) electrons. The van der Waals surface area contributed by atoms with Gasteiger partial charge in [-0.05, 0) is 49.7 Å². The molecule has 1 fully saturated rings. The second-order valence-electron chi connectivity index (χ2n) is 6.34. The number of halogens is 1. The number of para-hydroxylation sites is 2. The summed E-state index contributed by atoms with van der Waals surface area (Å²) in [6, 6.07) is 16.6. The molecule has 4 rings (SSSR count). The predicted molar refractivity (Wildman–Crippen MR) is 97.5 cm³/mol. The van der Waals surface area contributed by atoms with Crippen molar-refractivity contribution >= 4 is 22.6 Å². The highest BCUT2D eigenvalue weighted by molar-refractivity contribution is 6.31. The molecule has 0 aliphatic carbocycles. The third-order valence-corrected chi connectivity index (χ3v) is 5.24. The molecule has 2 N–H and O–H groups in total. The summed E-state index contributed by atoms with van der Waals surface area (Å²) in [5.41, 5.74) is 3.84. The number of piperidine rings is 1. The summed E-state index contributed by atoms with van der Waals surface area (Å²) in [6.07, 6.45) is 2.13. The highest BCUT2D eigenvalue weighted by Gasteiger charge is 2.20. The van der Waals surface area contributed by atoms with Gasteiger partial charge in [-0.25, -0.2) is 0 Å². The van der Waals surface area contributed by atoms with Crippen molar-refractivity contribution in [3.05, 3.63) is 64.7 Å². The Morgan fingerprint density at radius 1 is 1.00 bits per heavy atom. The second kappa shape index (κ2) is 6.46. The Bertz CT molecular complexity index is 919. The maximum Gasteiger partial charge on any atom is 0.203 e. The smallest absolute Gasteiger partial charge is 0.203 e. The van der Waals surface area contributed by atoms with Crippen LogP contribution in [0.1, 0.15) is 24.4 Å². The molecule has 5 heteroatoms. The van der Waals surface area contributed by atoms with Crippen LogP contribution in [0.3, 0.4) is 0 Å². The minimum absolute atomic E-state index is 0.385. The number of nitrogens with zero attached hydrogens (tertiary/aromatic N) is 2. The van der Waals surface area contributed by atoms with Gasteiger partial charge in [-0.3, -0.25) is 5.41 Å². The molecule has 0 spiro atoms. The summed E-state index contributed by atoms with van der Waals surface area (Å²) in [5, 5.41) is 13.0. The number of nitrogens with one attached hydrogen (secondary N) is 2. The number of hydrogen-bond donors (Lipinski definition) is 2. The van der Waals surface area contributed by atoms with Crippen LogP contribution in [0.25, 0.3) is 11.0 Å². The minimum atomic E-state index is 0.385. The monoisotopic (exact) mass is 340 g/mol. The zero-order valence-corrected chi connectivity index (χ0v) is 14.3. The van der Waals surface area contributed by atoms with Crippen LogP contribution < -0.4 is 10.9 Å². The first kappa shape index (κ1) is 15.5. The van der Waals surface area contributed by atoms with Crippen molar-refractivity contribution in [3.8, 4) is 0 Å². The molecule has 1 aromatic heterocycles. The standard InChI is InChI=1S/C19H21ClN4/c20-16-6-2-1-5-14(16)13-23-17-7-3-4-8-18(17)24(19(23)21)15-9-11-22-12-10-15/h1-8,15,21-22H,9-13H2. The zero-order valence-electron chi connectivity index (χ0n) is 13.5. The Hall–Kier alpha value is -2.04. The molecule has 0 unspecified atom stereocenters. The van der Waals surface area contributed by atoms with E-state index in [4.69, 9.17) is 17.0 Å². The molecule has 4 nitrogen and oxygen atoms in total. The largest absolute Gasteiger partial charge is 0.317 e. The molecular weight excluding hydrogens is 320 g/mol. The highest BCUT2D eigenvalue weighted by atomic mass is 35.5. The van der Waals surface area contributed by atoms with Gasteiger partial charge in [0.2, 0.25) is 5.62 Å². The van der Waals surface area contributed by atoms with Crippen molar-refractivity contribution in [2.24, 2.45) is 0 Å². The fourth-order valence-corrected chi connectivity index (χ4v) is 3.84. The van der Waals surface area contributed by atoms with Gasteiger partial charge in [0, 0.05) is 11.1 Å². The topological polar surface area (TPSA) is 45.7 Å². The van der Waals surface area contributed by atoms with Crippen LogP contribution in [0.5, 0.6) is 0 Å².